The van der Waals surface area contributed by atoms with Gasteiger partial charge in [0.15, 0.2) is 6.10 Å². The summed E-state index contributed by atoms with van der Waals surface area (Å²) in [4.78, 5) is 12.0. The van der Waals surface area contributed by atoms with Crippen LogP contribution in [0.5, 0.6) is 0 Å². The van der Waals surface area contributed by atoms with Crippen molar-refractivity contribution < 1.29 is 14.6 Å². The molecule has 0 aliphatic heterocycles. The molecule has 1 unspecified atom stereocenters. The minimum Gasteiger partial charge on any atom is -0.439 e. The van der Waals surface area contributed by atoms with E-state index >= 15 is 0 Å². The van der Waals surface area contributed by atoms with Gasteiger partial charge in [-0.2, -0.15) is 0 Å². The van der Waals surface area contributed by atoms with E-state index in [4.69, 9.17) is 16.3 Å². The van der Waals surface area contributed by atoms with Crippen LogP contribution in [0.4, 0.5) is 4.79 Å². The van der Waals surface area contributed by atoms with Gasteiger partial charge >= 0.3 is 6.09 Å². The number of nitrogens with one attached hydrogen (secondary N) is 1. The zero-order valence-electron chi connectivity index (χ0n) is 12.8. The molecule has 0 bridgehead atoms. The number of halogens is 1. The second kappa shape index (κ2) is 8.90. The molecule has 0 aliphatic rings. The Labute approximate surface area is 131 Å². The highest BCUT2D eigenvalue weighted by molar-refractivity contribution is 6.31. The second-order valence-corrected chi connectivity index (χ2v) is 5.53. The molecular weight excluding hydrogens is 290 g/mol. The van der Waals surface area contributed by atoms with Crippen molar-refractivity contribution in [3.05, 3.63) is 34.9 Å². The van der Waals surface area contributed by atoms with Crippen LogP contribution in [0.3, 0.4) is 0 Å². The summed E-state index contributed by atoms with van der Waals surface area (Å²) in [7, 11) is 0. The summed E-state index contributed by atoms with van der Waals surface area (Å²) in [5.74, 6) is 0. The van der Waals surface area contributed by atoms with Gasteiger partial charge in [-0.1, -0.05) is 50.1 Å². The number of hydrogen-bond acceptors (Lipinski definition) is 3. The van der Waals surface area contributed by atoms with Crippen LogP contribution < -0.4 is 5.32 Å². The molecular formula is C16H24ClNO3. The molecule has 4 nitrogen and oxygen atoms in total. The number of carbonyl (C=O) groups excluding carboxylic acids is 1. The van der Waals surface area contributed by atoms with E-state index in [0.717, 1.165) is 19.3 Å². The van der Waals surface area contributed by atoms with Crippen LogP contribution in [0.25, 0.3) is 0 Å². The molecule has 21 heavy (non-hydrogen) atoms. The number of rotatable bonds is 7. The van der Waals surface area contributed by atoms with Crippen LogP contribution in [-0.4, -0.2) is 23.3 Å². The molecule has 0 radical (unpaired) electrons. The third kappa shape index (κ3) is 5.56. The van der Waals surface area contributed by atoms with Gasteiger partial charge in [0.2, 0.25) is 0 Å². The minimum absolute atomic E-state index is 0.0865. The first kappa shape index (κ1) is 17.8. The van der Waals surface area contributed by atoms with Gasteiger partial charge in [-0.25, -0.2) is 4.79 Å². The van der Waals surface area contributed by atoms with E-state index in [1.54, 1.807) is 31.2 Å². The summed E-state index contributed by atoms with van der Waals surface area (Å²) in [5.41, 5.74) is 0.604. The zero-order chi connectivity index (χ0) is 15.8. The van der Waals surface area contributed by atoms with Gasteiger partial charge in [0.05, 0.1) is 6.10 Å². The average molecular weight is 314 g/mol. The predicted molar refractivity (Wildman–Crippen MR) is 84.5 cm³/mol. The van der Waals surface area contributed by atoms with Crippen LogP contribution in [0.2, 0.25) is 5.02 Å². The lowest BCUT2D eigenvalue weighted by molar-refractivity contribution is 0.00934. The van der Waals surface area contributed by atoms with Gasteiger partial charge in [0.1, 0.15) is 0 Å². The Morgan fingerprint density at radius 3 is 2.57 bits per heavy atom. The Bertz CT molecular complexity index is 451. The van der Waals surface area contributed by atoms with E-state index in [1.807, 2.05) is 6.92 Å². The van der Waals surface area contributed by atoms with Crippen LogP contribution in [0.1, 0.15) is 51.7 Å². The van der Waals surface area contributed by atoms with Crippen molar-refractivity contribution in [2.24, 2.45) is 0 Å². The smallest absolute Gasteiger partial charge is 0.408 e. The lowest BCUT2D eigenvalue weighted by atomic mass is 10.1. The molecule has 2 N–H and O–H groups in total. The maximum absolute atomic E-state index is 12.0. The Hall–Kier alpha value is -1.26. The Balaban J connectivity index is 2.75. The van der Waals surface area contributed by atoms with Crippen molar-refractivity contribution in [2.75, 3.05) is 0 Å². The first-order valence-corrected chi connectivity index (χ1v) is 7.77. The summed E-state index contributed by atoms with van der Waals surface area (Å²) in [5, 5.41) is 13.2. The number of amides is 1. The molecule has 1 rings (SSSR count). The number of alkyl carbamates (subject to hydrolysis) is 1. The largest absolute Gasteiger partial charge is 0.439 e. The van der Waals surface area contributed by atoms with E-state index in [-0.39, 0.29) is 6.04 Å². The predicted octanol–water partition coefficient (Wildman–Crippen LogP) is 4.07. The van der Waals surface area contributed by atoms with E-state index in [2.05, 4.69) is 12.2 Å². The third-order valence-corrected chi connectivity index (χ3v) is 3.68. The molecule has 0 spiro atoms. The van der Waals surface area contributed by atoms with Crippen LogP contribution in [-0.2, 0) is 4.74 Å². The van der Waals surface area contributed by atoms with E-state index in [9.17, 15) is 9.90 Å². The second-order valence-electron chi connectivity index (χ2n) is 5.13. The number of ether oxygens (including phenoxy) is 1. The van der Waals surface area contributed by atoms with Gasteiger partial charge in [-0.15, -0.1) is 0 Å². The number of aliphatic hydroxyl groups is 1. The quantitative estimate of drug-likeness (QED) is 0.798. The first-order chi connectivity index (χ1) is 9.99. The molecule has 118 valence electrons. The lowest BCUT2D eigenvalue weighted by Gasteiger charge is -2.24. The van der Waals surface area contributed by atoms with Crippen molar-refractivity contribution >= 4 is 17.7 Å². The lowest BCUT2D eigenvalue weighted by Crippen LogP contribution is -2.37. The molecule has 1 aromatic carbocycles. The van der Waals surface area contributed by atoms with E-state index in [1.165, 1.54) is 0 Å². The van der Waals surface area contributed by atoms with Crippen LogP contribution in [0.15, 0.2) is 24.3 Å². The molecule has 0 aliphatic carbocycles. The van der Waals surface area contributed by atoms with Gasteiger partial charge in [0, 0.05) is 16.6 Å². The summed E-state index contributed by atoms with van der Waals surface area (Å²) >= 11 is 6.11. The molecule has 0 aromatic heterocycles. The van der Waals surface area contributed by atoms with E-state index in [0.29, 0.717) is 10.6 Å². The van der Waals surface area contributed by atoms with Crippen LogP contribution in [0, 0.1) is 0 Å². The van der Waals surface area contributed by atoms with Crippen LogP contribution >= 0.6 is 11.6 Å². The summed E-state index contributed by atoms with van der Waals surface area (Å²) in [6.45, 7) is 5.66. The number of benzene rings is 1. The molecule has 1 aromatic rings. The van der Waals surface area contributed by atoms with Crippen molar-refractivity contribution in [2.45, 2.75) is 58.3 Å². The standard InChI is InChI=1S/C16H24ClNO3/c1-4-8-12(5-2)18-16(20)21-15(11(3)19)13-9-6-7-10-14(13)17/h6-7,9-12,15,19H,4-5,8H2,1-3H3,(H,18,20)/t11-,12?,15+/m1/s1. The summed E-state index contributed by atoms with van der Waals surface area (Å²) < 4.78 is 5.37. The number of hydrogen-bond donors (Lipinski definition) is 2. The highest BCUT2D eigenvalue weighted by Gasteiger charge is 2.24. The average Bonchev–Trinajstić information content (AvgIpc) is 2.45. The topological polar surface area (TPSA) is 58.6 Å². The van der Waals surface area contributed by atoms with Gasteiger partial charge in [-0.3, -0.25) is 0 Å². The molecule has 1 amide bonds. The SMILES string of the molecule is CCCC(CC)NC(=O)O[C@H](c1ccccc1Cl)[C@@H](C)O. The molecule has 3 atom stereocenters. The van der Waals surface area contributed by atoms with Crippen molar-refractivity contribution in [3.8, 4) is 0 Å². The maximum atomic E-state index is 12.0. The molecule has 0 fully saturated rings. The van der Waals surface area contributed by atoms with Gasteiger partial charge < -0.3 is 15.2 Å². The van der Waals surface area contributed by atoms with Crippen molar-refractivity contribution in [3.63, 3.8) is 0 Å². The first-order valence-electron chi connectivity index (χ1n) is 7.39. The third-order valence-electron chi connectivity index (χ3n) is 3.34. The maximum Gasteiger partial charge on any atom is 0.408 e. The van der Waals surface area contributed by atoms with Gasteiger partial charge in [-0.05, 0) is 25.8 Å². The van der Waals surface area contributed by atoms with E-state index < -0.39 is 18.3 Å². The van der Waals surface area contributed by atoms with Crippen molar-refractivity contribution in [1.82, 2.24) is 5.32 Å². The molecule has 0 saturated heterocycles. The summed E-state index contributed by atoms with van der Waals surface area (Å²) in [6, 6.07) is 7.13. The highest BCUT2D eigenvalue weighted by Crippen LogP contribution is 2.28. The molecule has 0 saturated carbocycles. The Morgan fingerprint density at radius 1 is 1.38 bits per heavy atom. The Morgan fingerprint density at radius 2 is 2.05 bits per heavy atom. The monoisotopic (exact) mass is 313 g/mol. The fourth-order valence-corrected chi connectivity index (χ4v) is 2.41. The van der Waals surface area contributed by atoms with Gasteiger partial charge in [0.25, 0.3) is 0 Å². The Kier molecular flexibility index (Phi) is 7.54. The highest BCUT2D eigenvalue weighted by atomic mass is 35.5. The fourth-order valence-electron chi connectivity index (χ4n) is 2.17. The van der Waals surface area contributed by atoms with Crippen molar-refractivity contribution in [1.29, 1.82) is 0 Å². The normalized spacial score (nSPS) is 15.1. The number of carbonyl (C=O) groups is 1. The number of aliphatic hydroxyl groups excluding tert-OH is 1. The summed E-state index contributed by atoms with van der Waals surface area (Å²) in [6.07, 6.45) is 0.579. The fraction of sp³-hybridized carbons (Fsp3) is 0.562. The zero-order valence-corrected chi connectivity index (χ0v) is 13.6. The molecule has 5 heteroatoms. The minimum atomic E-state index is -0.845. The molecule has 0 heterocycles.